The Morgan fingerprint density at radius 1 is 1.28 bits per heavy atom. The number of hydrogen-bond acceptors (Lipinski definition) is 4. The lowest BCUT2D eigenvalue weighted by Crippen LogP contribution is -2.41. The van der Waals surface area contributed by atoms with E-state index in [1.807, 2.05) is 0 Å². The molecule has 106 valence electrons. The van der Waals surface area contributed by atoms with Gasteiger partial charge in [-0.2, -0.15) is 0 Å². The van der Waals surface area contributed by atoms with E-state index in [-0.39, 0.29) is 17.4 Å². The number of nitrogens with two attached hydrogens (primary N) is 1. The molecule has 1 fully saturated rings. The number of rotatable bonds is 6. The molecule has 1 saturated heterocycles. The molecule has 1 rings (SSSR count). The first-order valence-corrected chi connectivity index (χ1v) is 8.45. The summed E-state index contributed by atoms with van der Waals surface area (Å²) in [7, 11) is -3.26. The topological polar surface area (TPSA) is 80.5 Å². The summed E-state index contributed by atoms with van der Waals surface area (Å²) in [5, 5.41) is 0. The molecule has 18 heavy (non-hydrogen) atoms. The predicted molar refractivity (Wildman–Crippen MR) is 71.9 cm³/mol. The fourth-order valence-electron chi connectivity index (χ4n) is 2.08. The van der Waals surface area contributed by atoms with Crippen LogP contribution in [0.15, 0.2) is 0 Å². The first-order chi connectivity index (χ1) is 8.44. The average molecular weight is 276 g/mol. The molecule has 1 amide bonds. The Balaban J connectivity index is 2.39. The van der Waals surface area contributed by atoms with Gasteiger partial charge in [0.05, 0.1) is 5.75 Å². The molecular weight excluding hydrogens is 252 g/mol. The molecule has 0 aromatic rings. The van der Waals surface area contributed by atoms with Crippen molar-refractivity contribution >= 4 is 15.7 Å². The second-order valence-electron chi connectivity index (χ2n) is 5.15. The third-order valence-corrected chi connectivity index (χ3v) is 4.99. The predicted octanol–water partition coefficient (Wildman–Crippen LogP) is 0.399. The lowest BCUT2D eigenvalue weighted by Gasteiger charge is -2.30. The van der Waals surface area contributed by atoms with E-state index in [0.29, 0.717) is 38.4 Å². The van der Waals surface area contributed by atoms with Crippen LogP contribution in [0.4, 0.5) is 0 Å². The van der Waals surface area contributed by atoms with Crippen LogP contribution in [-0.4, -0.2) is 50.4 Å². The molecule has 0 radical (unpaired) electrons. The minimum Gasteiger partial charge on any atom is -0.342 e. The van der Waals surface area contributed by atoms with Crippen LogP contribution in [0.5, 0.6) is 0 Å². The lowest BCUT2D eigenvalue weighted by molar-refractivity contribution is -0.129. The van der Waals surface area contributed by atoms with Crippen molar-refractivity contribution in [3.8, 4) is 0 Å². The number of carbonyl (C=O) groups excluding carboxylic acids is 1. The summed E-state index contributed by atoms with van der Waals surface area (Å²) < 4.78 is 23.5. The van der Waals surface area contributed by atoms with Gasteiger partial charge in [0, 0.05) is 13.1 Å². The molecule has 2 N–H and O–H groups in total. The number of likely N-dealkylation sites (tertiary alicyclic amines) is 1. The summed E-state index contributed by atoms with van der Waals surface area (Å²) in [6.07, 6.45) is 3.18. The SMILES string of the molecule is CC1CCN(C(=O)CS(=O)(=O)CCCCN)CC1. The molecule has 0 aromatic carbocycles. The molecular formula is C12H24N2O3S. The number of piperidine rings is 1. The molecule has 1 aliphatic rings. The van der Waals surface area contributed by atoms with Gasteiger partial charge in [-0.15, -0.1) is 0 Å². The normalized spacial score (nSPS) is 18.0. The molecule has 6 heteroatoms. The van der Waals surface area contributed by atoms with Crippen LogP contribution < -0.4 is 5.73 Å². The van der Waals surface area contributed by atoms with Gasteiger partial charge in [0.15, 0.2) is 9.84 Å². The van der Waals surface area contributed by atoms with Gasteiger partial charge in [0.25, 0.3) is 0 Å². The van der Waals surface area contributed by atoms with Gasteiger partial charge in [-0.25, -0.2) is 8.42 Å². The van der Waals surface area contributed by atoms with Crippen LogP contribution in [0.1, 0.15) is 32.6 Å². The first kappa shape index (κ1) is 15.4. The fraction of sp³-hybridized carbons (Fsp3) is 0.917. The summed E-state index contributed by atoms with van der Waals surface area (Å²) in [5.74, 6) is 0.122. The molecule has 0 aromatic heterocycles. The van der Waals surface area contributed by atoms with Gasteiger partial charge in [0.2, 0.25) is 5.91 Å². The standard InChI is InChI=1S/C12H24N2O3S/c1-11-4-7-14(8-5-11)12(15)10-18(16,17)9-3-2-6-13/h11H,2-10,13H2,1H3. The quantitative estimate of drug-likeness (QED) is 0.712. The van der Waals surface area contributed by atoms with Crippen molar-refractivity contribution in [1.82, 2.24) is 4.90 Å². The number of amides is 1. The van der Waals surface area contributed by atoms with Gasteiger partial charge >= 0.3 is 0 Å². The second kappa shape index (κ2) is 7.09. The van der Waals surface area contributed by atoms with E-state index in [0.717, 1.165) is 12.8 Å². The van der Waals surface area contributed by atoms with Crippen LogP contribution in [0.25, 0.3) is 0 Å². The zero-order chi connectivity index (χ0) is 13.6. The molecule has 0 aliphatic carbocycles. The van der Waals surface area contributed by atoms with Crippen molar-refractivity contribution in [3.05, 3.63) is 0 Å². The molecule has 0 bridgehead atoms. The molecule has 1 heterocycles. The van der Waals surface area contributed by atoms with Crippen LogP contribution >= 0.6 is 0 Å². The van der Waals surface area contributed by atoms with Gasteiger partial charge in [-0.05, 0) is 38.1 Å². The Hall–Kier alpha value is -0.620. The van der Waals surface area contributed by atoms with E-state index in [1.165, 1.54) is 0 Å². The number of sulfone groups is 1. The molecule has 5 nitrogen and oxygen atoms in total. The summed E-state index contributed by atoms with van der Waals surface area (Å²) in [4.78, 5) is 13.6. The van der Waals surface area contributed by atoms with Gasteiger partial charge in [-0.3, -0.25) is 4.79 Å². The molecule has 0 saturated carbocycles. The molecule has 0 spiro atoms. The zero-order valence-electron chi connectivity index (χ0n) is 11.1. The Kier molecular flexibility index (Phi) is 6.08. The maximum Gasteiger partial charge on any atom is 0.237 e. The minimum absolute atomic E-state index is 0.0696. The maximum atomic E-state index is 11.9. The van der Waals surface area contributed by atoms with Crippen LogP contribution in [0, 0.1) is 5.92 Å². The van der Waals surface area contributed by atoms with Crippen molar-refractivity contribution in [2.24, 2.45) is 11.7 Å². The van der Waals surface area contributed by atoms with E-state index < -0.39 is 9.84 Å². The third kappa shape index (κ3) is 5.35. The maximum absolute atomic E-state index is 11.9. The largest absolute Gasteiger partial charge is 0.342 e. The van der Waals surface area contributed by atoms with E-state index in [4.69, 9.17) is 5.73 Å². The van der Waals surface area contributed by atoms with Crippen molar-refractivity contribution in [2.45, 2.75) is 32.6 Å². The molecule has 0 atom stereocenters. The van der Waals surface area contributed by atoms with Crippen molar-refractivity contribution in [1.29, 1.82) is 0 Å². The highest BCUT2D eigenvalue weighted by atomic mass is 32.2. The molecule has 1 aliphatic heterocycles. The fourth-order valence-corrected chi connectivity index (χ4v) is 3.42. The monoisotopic (exact) mass is 276 g/mol. The Bertz CT molecular complexity index is 360. The van der Waals surface area contributed by atoms with E-state index >= 15 is 0 Å². The summed E-state index contributed by atoms with van der Waals surface area (Å²) in [6.45, 7) is 4.04. The number of nitrogens with zero attached hydrogens (tertiary/aromatic N) is 1. The summed E-state index contributed by atoms with van der Waals surface area (Å²) in [5.41, 5.74) is 5.32. The van der Waals surface area contributed by atoms with Crippen LogP contribution in [-0.2, 0) is 14.6 Å². The van der Waals surface area contributed by atoms with E-state index in [2.05, 4.69) is 6.92 Å². The minimum atomic E-state index is -3.26. The van der Waals surface area contributed by atoms with E-state index in [9.17, 15) is 13.2 Å². The third-order valence-electron chi connectivity index (χ3n) is 3.39. The smallest absolute Gasteiger partial charge is 0.237 e. The van der Waals surface area contributed by atoms with Crippen molar-refractivity contribution in [2.75, 3.05) is 31.1 Å². The Morgan fingerprint density at radius 3 is 2.44 bits per heavy atom. The average Bonchev–Trinajstić information content (AvgIpc) is 2.29. The highest BCUT2D eigenvalue weighted by Gasteiger charge is 2.24. The first-order valence-electron chi connectivity index (χ1n) is 6.63. The number of unbranched alkanes of at least 4 members (excludes halogenated alkanes) is 1. The number of carbonyl (C=O) groups is 1. The second-order valence-corrected chi connectivity index (χ2v) is 7.34. The van der Waals surface area contributed by atoms with E-state index in [1.54, 1.807) is 4.90 Å². The summed E-state index contributed by atoms with van der Waals surface area (Å²) >= 11 is 0. The van der Waals surface area contributed by atoms with Crippen molar-refractivity contribution in [3.63, 3.8) is 0 Å². The van der Waals surface area contributed by atoms with Gasteiger partial charge in [-0.1, -0.05) is 6.92 Å². The van der Waals surface area contributed by atoms with Crippen LogP contribution in [0.2, 0.25) is 0 Å². The van der Waals surface area contributed by atoms with Crippen LogP contribution in [0.3, 0.4) is 0 Å². The van der Waals surface area contributed by atoms with Gasteiger partial charge < -0.3 is 10.6 Å². The molecule has 0 unspecified atom stereocenters. The summed E-state index contributed by atoms with van der Waals surface area (Å²) in [6, 6.07) is 0. The number of hydrogen-bond donors (Lipinski definition) is 1. The Labute approximate surface area is 110 Å². The van der Waals surface area contributed by atoms with Gasteiger partial charge in [0.1, 0.15) is 5.75 Å². The zero-order valence-corrected chi connectivity index (χ0v) is 11.9. The highest BCUT2D eigenvalue weighted by molar-refractivity contribution is 7.92. The highest BCUT2D eigenvalue weighted by Crippen LogP contribution is 2.16. The Morgan fingerprint density at radius 2 is 1.89 bits per heavy atom. The lowest BCUT2D eigenvalue weighted by atomic mass is 9.99. The van der Waals surface area contributed by atoms with Crippen molar-refractivity contribution < 1.29 is 13.2 Å².